The third-order valence-corrected chi connectivity index (χ3v) is 5.15. The molecule has 4 nitrogen and oxygen atoms in total. The van der Waals surface area contributed by atoms with E-state index >= 15 is 0 Å². The van der Waals surface area contributed by atoms with Gasteiger partial charge in [0.1, 0.15) is 0 Å². The van der Waals surface area contributed by atoms with E-state index in [-0.39, 0.29) is 11.8 Å². The molecule has 1 saturated heterocycles. The number of carbonyl (C=O) groups excluding carboxylic acids is 2. The van der Waals surface area contributed by atoms with Crippen molar-refractivity contribution in [2.75, 3.05) is 19.6 Å². The van der Waals surface area contributed by atoms with Crippen LogP contribution in [0, 0.1) is 0 Å². The molecule has 4 heteroatoms. The zero-order chi connectivity index (χ0) is 17.5. The van der Waals surface area contributed by atoms with E-state index in [1.54, 1.807) is 24.3 Å². The van der Waals surface area contributed by atoms with E-state index < -0.39 is 0 Å². The number of hydrogen-bond donors (Lipinski definition) is 1. The fourth-order valence-electron chi connectivity index (χ4n) is 3.61. The van der Waals surface area contributed by atoms with E-state index in [0.29, 0.717) is 17.7 Å². The van der Waals surface area contributed by atoms with Crippen LogP contribution in [0.25, 0.3) is 0 Å². The van der Waals surface area contributed by atoms with Gasteiger partial charge in [-0.3, -0.25) is 9.59 Å². The summed E-state index contributed by atoms with van der Waals surface area (Å²) in [6.07, 6.45) is 11.5. The zero-order valence-electron chi connectivity index (χ0n) is 14.9. The number of rotatable bonds is 5. The van der Waals surface area contributed by atoms with Gasteiger partial charge in [-0.05, 0) is 75.6 Å². The van der Waals surface area contributed by atoms with Crippen LogP contribution >= 0.6 is 0 Å². The van der Waals surface area contributed by atoms with Gasteiger partial charge in [-0.25, -0.2) is 0 Å². The topological polar surface area (TPSA) is 49.4 Å². The van der Waals surface area contributed by atoms with Crippen LogP contribution in [0.3, 0.4) is 0 Å². The Morgan fingerprint density at radius 3 is 2.32 bits per heavy atom. The molecule has 0 radical (unpaired) electrons. The molecule has 1 N–H and O–H groups in total. The minimum atomic E-state index is -0.0617. The van der Waals surface area contributed by atoms with E-state index in [1.165, 1.54) is 37.7 Å². The first-order chi connectivity index (χ1) is 12.2. The number of nitrogens with zero attached hydrogens (tertiary/aromatic N) is 1. The van der Waals surface area contributed by atoms with E-state index in [4.69, 9.17) is 0 Å². The lowest BCUT2D eigenvalue weighted by molar-refractivity contribution is 0.0723. The van der Waals surface area contributed by atoms with E-state index in [2.05, 4.69) is 11.4 Å². The Morgan fingerprint density at radius 2 is 1.64 bits per heavy atom. The Morgan fingerprint density at radius 1 is 0.920 bits per heavy atom. The second kappa shape index (κ2) is 8.84. The van der Waals surface area contributed by atoms with Gasteiger partial charge in [-0.2, -0.15) is 0 Å². The molecule has 0 aromatic heterocycles. The first-order valence-electron chi connectivity index (χ1n) is 9.59. The molecular formula is C21H28N2O2. The average molecular weight is 340 g/mol. The molecule has 1 heterocycles. The van der Waals surface area contributed by atoms with Crippen LogP contribution in [0.2, 0.25) is 0 Å². The third-order valence-electron chi connectivity index (χ3n) is 5.15. The maximum atomic E-state index is 12.4. The lowest BCUT2D eigenvalue weighted by atomic mass is 9.97. The summed E-state index contributed by atoms with van der Waals surface area (Å²) < 4.78 is 0. The van der Waals surface area contributed by atoms with Gasteiger partial charge in [0.25, 0.3) is 11.8 Å². The number of nitrogens with one attached hydrogen (secondary N) is 1. The fourth-order valence-corrected chi connectivity index (χ4v) is 3.61. The number of likely N-dealkylation sites (tertiary alicyclic amines) is 1. The van der Waals surface area contributed by atoms with Crippen molar-refractivity contribution in [3.63, 3.8) is 0 Å². The molecule has 1 aromatic rings. The Labute approximate surface area is 150 Å². The summed E-state index contributed by atoms with van der Waals surface area (Å²) in [5, 5.41) is 2.98. The SMILES string of the molecule is O=C(NCCC1=CCCCC1)c1ccc(C(=O)N2CCCCC2)cc1. The molecular weight excluding hydrogens is 312 g/mol. The zero-order valence-corrected chi connectivity index (χ0v) is 14.9. The van der Waals surface area contributed by atoms with Crippen molar-refractivity contribution in [2.24, 2.45) is 0 Å². The smallest absolute Gasteiger partial charge is 0.253 e. The Kier molecular flexibility index (Phi) is 6.26. The van der Waals surface area contributed by atoms with Crippen molar-refractivity contribution in [3.05, 3.63) is 47.0 Å². The van der Waals surface area contributed by atoms with Crippen LogP contribution in [-0.4, -0.2) is 36.3 Å². The summed E-state index contributed by atoms with van der Waals surface area (Å²) >= 11 is 0. The highest BCUT2D eigenvalue weighted by Crippen LogP contribution is 2.19. The molecule has 0 atom stereocenters. The summed E-state index contributed by atoms with van der Waals surface area (Å²) in [6.45, 7) is 2.37. The quantitative estimate of drug-likeness (QED) is 0.826. The molecule has 0 spiro atoms. The van der Waals surface area contributed by atoms with Crippen LogP contribution in [0.15, 0.2) is 35.9 Å². The molecule has 0 unspecified atom stereocenters. The Hall–Kier alpha value is -2.10. The van der Waals surface area contributed by atoms with Gasteiger partial charge < -0.3 is 10.2 Å². The number of allylic oxidation sites excluding steroid dienone is 1. The Bertz CT molecular complexity index is 628. The van der Waals surface area contributed by atoms with Gasteiger partial charge in [-0.1, -0.05) is 11.6 Å². The maximum Gasteiger partial charge on any atom is 0.253 e. The minimum Gasteiger partial charge on any atom is -0.352 e. The first-order valence-corrected chi connectivity index (χ1v) is 9.59. The van der Waals surface area contributed by atoms with Gasteiger partial charge in [0.05, 0.1) is 0 Å². The highest BCUT2D eigenvalue weighted by molar-refractivity contribution is 5.97. The molecule has 1 fully saturated rings. The summed E-state index contributed by atoms with van der Waals surface area (Å²) in [7, 11) is 0. The average Bonchev–Trinajstić information content (AvgIpc) is 2.69. The van der Waals surface area contributed by atoms with Crippen LogP contribution in [-0.2, 0) is 0 Å². The molecule has 3 rings (SSSR count). The molecule has 1 aliphatic heterocycles. The standard InChI is InChI=1S/C21H28N2O2/c24-20(22-14-13-17-7-3-1-4-8-17)18-9-11-19(12-10-18)21(25)23-15-5-2-6-16-23/h7,9-12H,1-6,8,13-16H2,(H,22,24). The summed E-state index contributed by atoms with van der Waals surface area (Å²) in [4.78, 5) is 26.6. The van der Waals surface area contributed by atoms with Crippen molar-refractivity contribution in [2.45, 2.75) is 51.4 Å². The molecule has 25 heavy (non-hydrogen) atoms. The highest BCUT2D eigenvalue weighted by Gasteiger charge is 2.18. The van der Waals surface area contributed by atoms with Crippen molar-refractivity contribution >= 4 is 11.8 Å². The van der Waals surface area contributed by atoms with E-state index in [9.17, 15) is 9.59 Å². The first kappa shape index (κ1) is 17.7. The molecule has 1 aromatic carbocycles. The maximum absolute atomic E-state index is 12.4. The van der Waals surface area contributed by atoms with Gasteiger partial charge in [-0.15, -0.1) is 0 Å². The monoisotopic (exact) mass is 340 g/mol. The predicted molar refractivity (Wildman–Crippen MR) is 99.7 cm³/mol. The van der Waals surface area contributed by atoms with Crippen LogP contribution < -0.4 is 5.32 Å². The molecule has 0 saturated carbocycles. The van der Waals surface area contributed by atoms with Crippen LogP contribution in [0.4, 0.5) is 0 Å². The molecule has 134 valence electrons. The number of hydrogen-bond acceptors (Lipinski definition) is 2. The van der Waals surface area contributed by atoms with Crippen LogP contribution in [0.1, 0.15) is 72.1 Å². The van der Waals surface area contributed by atoms with E-state index in [0.717, 1.165) is 32.4 Å². The number of piperidine rings is 1. The summed E-state index contributed by atoms with van der Waals surface area (Å²) in [5.74, 6) is 0.0178. The van der Waals surface area contributed by atoms with Gasteiger partial charge in [0.15, 0.2) is 0 Å². The molecule has 1 aliphatic carbocycles. The third kappa shape index (κ3) is 4.94. The van der Waals surface area contributed by atoms with E-state index in [1.807, 2.05) is 4.90 Å². The Balaban J connectivity index is 1.49. The van der Waals surface area contributed by atoms with Gasteiger partial charge in [0, 0.05) is 30.8 Å². The van der Waals surface area contributed by atoms with Gasteiger partial charge in [0.2, 0.25) is 0 Å². The second-order valence-electron chi connectivity index (χ2n) is 7.04. The number of amides is 2. The fraction of sp³-hybridized carbons (Fsp3) is 0.524. The van der Waals surface area contributed by atoms with Crippen molar-refractivity contribution in [1.82, 2.24) is 10.2 Å². The molecule has 2 aliphatic rings. The normalized spacial score (nSPS) is 17.8. The second-order valence-corrected chi connectivity index (χ2v) is 7.04. The lowest BCUT2D eigenvalue weighted by Crippen LogP contribution is -2.35. The highest BCUT2D eigenvalue weighted by atomic mass is 16.2. The van der Waals surface area contributed by atoms with Crippen molar-refractivity contribution in [1.29, 1.82) is 0 Å². The van der Waals surface area contributed by atoms with Gasteiger partial charge >= 0.3 is 0 Å². The van der Waals surface area contributed by atoms with Crippen molar-refractivity contribution < 1.29 is 9.59 Å². The predicted octanol–water partition coefficient (Wildman–Crippen LogP) is 3.93. The number of benzene rings is 1. The number of carbonyl (C=O) groups is 2. The summed E-state index contributed by atoms with van der Waals surface area (Å²) in [6, 6.07) is 7.06. The van der Waals surface area contributed by atoms with Crippen LogP contribution in [0.5, 0.6) is 0 Å². The molecule has 0 bridgehead atoms. The molecule has 2 amide bonds. The lowest BCUT2D eigenvalue weighted by Gasteiger charge is -2.26. The largest absolute Gasteiger partial charge is 0.352 e. The minimum absolute atomic E-state index is 0.0617. The summed E-state index contributed by atoms with van der Waals surface area (Å²) in [5.41, 5.74) is 2.76. The van der Waals surface area contributed by atoms with Crippen molar-refractivity contribution in [3.8, 4) is 0 Å².